The average molecular weight is 560 g/mol. The number of hydrogen-bond acceptors (Lipinski definition) is 6. The van der Waals surface area contributed by atoms with Crippen LogP contribution in [0.3, 0.4) is 0 Å². The number of benzene rings is 1. The fourth-order valence-electron chi connectivity index (χ4n) is 4.99. The molecule has 9 nitrogen and oxygen atoms in total. The Morgan fingerprint density at radius 3 is 2.85 bits per heavy atom. The van der Waals surface area contributed by atoms with E-state index < -0.39 is 18.0 Å². The van der Waals surface area contributed by atoms with Crippen molar-refractivity contribution in [2.45, 2.75) is 44.3 Å². The van der Waals surface area contributed by atoms with Crippen molar-refractivity contribution >= 4 is 40.4 Å². The van der Waals surface area contributed by atoms with Crippen LogP contribution in [0.25, 0.3) is 11.0 Å². The molecule has 2 atom stereocenters. The maximum Gasteiger partial charge on any atom is 0.280 e. The number of amides is 2. The Bertz CT molecular complexity index is 1390. The Balaban J connectivity index is 1.57. The van der Waals surface area contributed by atoms with Gasteiger partial charge in [-0.05, 0) is 49.6 Å². The van der Waals surface area contributed by atoms with E-state index in [1.54, 1.807) is 17.0 Å². The van der Waals surface area contributed by atoms with Crippen molar-refractivity contribution in [3.8, 4) is 5.75 Å². The molecule has 12 heteroatoms. The van der Waals surface area contributed by atoms with Crippen LogP contribution in [0.1, 0.15) is 54.2 Å². The first-order valence-corrected chi connectivity index (χ1v) is 13.1. The molecule has 0 aliphatic carbocycles. The maximum atomic E-state index is 13.2. The van der Waals surface area contributed by atoms with Crippen LogP contribution in [0.2, 0.25) is 5.02 Å². The van der Waals surface area contributed by atoms with Crippen molar-refractivity contribution in [1.29, 1.82) is 0 Å². The molecular weight excluding hydrogens is 532 g/mol. The van der Waals surface area contributed by atoms with E-state index in [0.717, 1.165) is 31.5 Å². The Kier molecular flexibility index (Phi) is 8.08. The summed E-state index contributed by atoms with van der Waals surface area (Å²) in [7, 11) is 0. The number of carbonyl (C=O) groups excluding carboxylic acids is 2. The monoisotopic (exact) mass is 559 g/mol. The predicted molar refractivity (Wildman–Crippen MR) is 141 cm³/mol. The zero-order valence-corrected chi connectivity index (χ0v) is 21.9. The number of rotatable bonds is 7. The van der Waals surface area contributed by atoms with Gasteiger partial charge in [0.25, 0.3) is 12.3 Å². The van der Waals surface area contributed by atoms with Crippen LogP contribution in [0.4, 0.5) is 14.7 Å². The zero-order chi connectivity index (χ0) is 27.5. The highest BCUT2D eigenvalue weighted by Gasteiger charge is 2.29. The molecule has 39 heavy (non-hydrogen) atoms. The van der Waals surface area contributed by atoms with E-state index in [0.29, 0.717) is 54.5 Å². The number of hydrogen-bond donors (Lipinski definition) is 1. The molecule has 1 N–H and O–H groups in total. The molecule has 4 heterocycles. The third kappa shape index (κ3) is 5.74. The van der Waals surface area contributed by atoms with E-state index in [1.165, 1.54) is 12.1 Å². The van der Waals surface area contributed by atoms with Gasteiger partial charge in [-0.2, -0.15) is 0 Å². The number of nitrogens with zero attached hydrogens (tertiary/aromatic N) is 4. The van der Waals surface area contributed by atoms with Crippen molar-refractivity contribution in [3.63, 3.8) is 0 Å². The molecule has 2 amide bonds. The quantitative estimate of drug-likeness (QED) is 0.400. The number of alkyl halides is 2. The SMILES string of the molecule is C=CC(=O)N1CCCC[C@@H](n2c(NC(=O)c3ccnc(C(F)F)c3)nc3ccc(O[C@H]4CCOC4)c(Cl)c32)C1. The molecule has 2 fully saturated rings. The lowest BCUT2D eigenvalue weighted by molar-refractivity contribution is -0.126. The largest absolute Gasteiger partial charge is 0.486 e. The van der Waals surface area contributed by atoms with Crippen molar-refractivity contribution in [3.05, 3.63) is 59.4 Å². The molecule has 0 spiro atoms. The number of likely N-dealkylation sites (tertiary alicyclic amines) is 1. The van der Waals surface area contributed by atoms with E-state index >= 15 is 0 Å². The fraction of sp³-hybridized carbons (Fsp3) is 0.407. The van der Waals surface area contributed by atoms with Gasteiger partial charge in [-0.15, -0.1) is 0 Å². The standard InChI is InChI=1S/C27H28ClF2N5O4/c1-2-22(36)34-11-4-3-5-17(14-34)35-24-19(6-7-21(23(24)28)39-18-9-12-38-15-18)32-27(35)33-26(37)16-8-10-31-20(13-16)25(29)30/h2,6-8,10,13,17-18,25H,1,3-5,9,11-12,14-15H2,(H,32,33,37)/t17-,18+/m1/s1. The Morgan fingerprint density at radius 2 is 2.10 bits per heavy atom. The van der Waals surface area contributed by atoms with Crippen LogP contribution >= 0.6 is 11.6 Å². The number of carbonyl (C=O) groups is 2. The first kappa shape index (κ1) is 27.0. The summed E-state index contributed by atoms with van der Waals surface area (Å²) in [6.07, 6.45) is 2.56. The van der Waals surface area contributed by atoms with Crippen molar-refractivity contribution < 1.29 is 27.8 Å². The normalized spacial score (nSPS) is 19.7. The minimum absolute atomic E-state index is 0.0135. The van der Waals surface area contributed by atoms with Crippen LogP contribution in [-0.2, 0) is 9.53 Å². The molecule has 0 saturated carbocycles. The van der Waals surface area contributed by atoms with Gasteiger partial charge in [0.1, 0.15) is 22.6 Å². The molecule has 0 radical (unpaired) electrons. The highest BCUT2D eigenvalue weighted by Crippen LogP contribution is 2.39. The fourth-order valence-corrected chi connectivity index (χ4v) is 5.29. The average Bonchev–Trinajstić information content (AvgIpc) is 3.51. The third-order valence-electron chi connectivity index (χ3n) is 6.93. The number of anilines is 1. The molecule has 2 saturated heterocycles. The first-order chi connectivity index (χ1) is 18.9. The van der Waals surface area contributed by atoms with Gasteiger partial charge >= 0.3 is 0 Å². The van der Waals surface area contributed by atoms with Gasteiger partial charge in [0.2, 0.25) is 11.9 Å². The Hall–Kier alpha value is -3.57. The van der Waals surface area contributed by atoms with Gasteiger partial charge in [0.05, 0.1) is 30.3 Å². The number of nitrogens with one attached hydrogen (secondary N) is 1. The minimum atomic E-state index is -2.82. The second-order valence-corrected chi connectivity index (χ2v) is 9.89. The molecule has 2 aliphatic rings. The van der Waals surface area contributed by atoms with Crippen LogP contribution in [0, 0.1) is 0 Å². The van der Waals surface area contributed by atoms with Gasteiger partial charge in [-0.3, -0.25) is 19.9 Å². The van der Waals surface area contributed by atoms with E-state index in [1.807, 2.05) is 4.57 Å². The summed E-state index contributed by atoms with van der Waals surface area (Å²) in [4.78, 5) is 35.7. The first-order valence-electron chi connectivity index (χ1n) is 12.8. The highest BCUT2D eigenvalue weighted by atomic mass is 35.5. The number of imidazole rings is 1. The molecule has 3 aromatic rings. The molecule has 0 unspecified atom stereocenters. The van der Waals surface area contributed by atoms with Crippen molar-refractivity contribution in [1.82, 2.24) is 19.4 Å². The van der Waals surface area contributed by atoms with E-state index in [4.69, 9.17) is 21.1 Å². The number of ether oxygens (including phenoxy) is 2. The van der Waals surface area contributed by atoms with Gasteiger partial charge in [-0.1, -0.05) is 18.2 Å². The van der Waals surface area contributed by atoms with Gasteiger partial charge in [0, 0.05) is 31.3 Å². The molecule has 1 aromatic carbocycles. The van der Waals surface area contributed by atoms with Crippen molar-refractivity contribution in [2.75, 3.05) is 31.6 Å². The Labute approximate surface area is 228 Å². The lowest BCUT2D eigenvalue weighted by atomic mass is 10.1. The zero-order valence-electron chi connectivity index (χ0n) is 21.1. The van der Waals surface area contributed by atoms with Gasteiger partial charge in [-0.25, -0.2) is 13.8 Å². The molecule has 0 bridgehead atoms. The van der Waals surface area contributed by atoms with Crippen LogP contribution in [0.5, 0.6) is 5.75 Å². The molecule has 206 valence electrons. The molecule has 5 rings (SSSR count). The molecular formula is C27H28ClF2N5O4. The lowest BCUT2D eigenvalue weighted by Crippen LogP contribution is -2.34. The summed E-state index contributed by atoms with van der Waals surface area (Å²) in [5.41, 5.74) is 0.572. The van der Waals surface area contributed by atoms with E-state index in [9.17, 15) is 18.4 Å². The van der Waals surface area contributed by atoms with Crippen molar-refractivity contribution in [2.24, 2.45) is 0 Å². The summed E-state index contributed by atoms with van der Waals surface area (Å²) in [5.74, 6) is -0.169. The highest BCUT2D eigenvalue weighted by molar-refractivity contribution is 6.36. The lowest BCUT2D eigenvalue weighted by Gasteiger charge is -2.26. The Morgan fingerprint density at radius 1 is 1.26 bits per heavy atom. The van der Waals surface area contributed by atoms with Crippen LogP contribution < -0.4 is 10.1 Å². The van der Waals surface area contributed by atoms with Crippen LogP contribution in [0.15, 0.2) is 43.1 Å². The van der Waals surface area contributed by atoms with Gasteiger partial charge in [0.15, 0.2) is 0 Å². The third-order valence-corrected chi connectivity index (χ3v) is 7.29. The second-order valence-electron chi connectivity index (χ2n) is 9.52. The van der Waals surface area contributed by atoms with Crippen LogP contribution in [-0.4, -0.2) is 63.7 Å². The summed E-state index contributed by atoms with van der Waals surface area (Å²) in [6.45, 7) is 5.61. The maximum absolute atomic E-state index is 13.2. The molecule has 2 aromatic heterocycles. The number of fused-ring (bicyclic) bond motifs is 1. The summed E-state index contributed by atoms with van der Waals surface area (Å²) >= 11 is 6.91. The smallest absolute Gasteiger partial charge is 0.280 e. The van der Waals surface area contributed by atoms with E-state index in [-0.39, 0.29) is 29.6 Å². The van der Waals surface area contributed by atoms with Gasteiger partial charge < -0.3 is 18.9 Å². The summed E-state index contributed by atoms with van der Waals surface area (Å²) in [5, 5.41) is 3.10. The molecule has 2 aliphatic heterocycles. The minimum Gasteiger partial charge on any atom is -0.486 e. The topological polar surface area (TPSA) is 98.6 Å². The number of pyridine rings is 1. The summed E-state index contributed by atoms with van der Waals surface area (Å²) < 4.78 is 39.7. The number of aromatic nitrogens is 3. The summed E-state index contributed by atoms with van der Waals surface area (Å²) in [6, 6.07) is 5.60. The second kappa shape index (κ2) is 11.7. The number of halogens is 3. The van der Waals surface area contributed by atoms with E-state index in [2.05, 4.69) is 21.9 Å². The predicted octanol–water partition coefficient (Wildman–Crippen LogP) is 5.18.